The molecular formula is C17H23F3N2O3. The Hall–Kier alpha value is -2.25. The molecule has 8 heteroatoms. The van der Waals surface area contributed by atoms with Crippen molar-refractivity contribution in [3.05, 3.63) is 35.4 Å². The highest BCUT2D eigenvalue weighted by molar-refractivity contribution is 5.76. The number of hydrogen-bond acceptors (Lipinski definition) is 2. The Morgan fingerprint density at radius 1 is 1.32 bits per heavy atom. The molecule has 2 atom stereocenters. The molecule has 1 aromatic rings. The van der Waals surface area contributed by atoms with Crippen LogP contribution in [-0.4, -0.2) is 35.6 Å². The van der Waals surface area contributed by atoms with Gasteiger partial charge in [-0.25, -0.2) is 4.79 Å². The van der Waals surface area contributed by atoms with Crippen LogP contribution in [-0.2, 0) is 11.0 Å². The Bertz CT molecular complexity index is 605. The minimum absolute atomic E-state index is 0.00258. The van der Waals surface area contributed by atoms with Crippen LogP contribution in [0.2, 0.25) is 0 Å². The molecule has 0 bridgehead atoms. The third kappa shape index (κ3) is 6.28. The Balaban J connectivity index is 2.90. The molecule has 0 aliphatic rings. The van der Waals surface area contributed by atoms with Gasteiger partial charge in [0.2, 0.25) is 0 Å². The minimum Gasteiger partial charge on any atom is -0.481 e. The number of alkyl halides is 3. The number of urea groups is 1. The van der Waals surface area contributed by atoms with Crippen molar-refractivity contribution >= 4 is 12.0 Å². The summed E-state index contributed by atoms with van der Waals surface area (Å²) in [4.78, 5) is 24.3. The zero-order valence-electron chi connectivity index (χ0n) is 14.4. The van der Waals surface area contributed by atoms with Gasteiger partial charge in [-0.1, -0.05) is 32.4 Å². The molecule has 0 heterocycles. The van der Waals surface area contributed by atoms with Crippen LogP contribution in [0.4, 0.5) is 18.0 Å². The summed E-state index contributed by atoms with van der Waals surface area (Å²) in [5, 5.41) is 11.6. The first-order valence-electron chi connectivity index (χ1n) is 7.97. The van der Waals surface area contributed by atoms with E-state index in [1.807, 2.05) is 6.92 Å². The number of carbonyl (C=O) groups is 2. The molecule has 140 valence electrons. The second kappa shape index (κ2) is 8.73. The fraction of sp³-hybridized carbons (Fsp3) is 0.529. The number of nitrogens with zero attached hydrogens (tertiary/aromatic N) is 1. The van der Waals surface area contributed by atoms with Gasteiger partial charge in [-0.3, -0.25) is 4.79 Å². The normalized spacial score (nSPS) is 13.8. The molecule has 0 spiro atoms. The van der Waals surface area contributed by atoms with Gasteiger partial charge in [-0.05, 0) is 24.1 Å². The van der Waals surface area contributed by atoms with Gasteiger partial charge < -0.3 is 15.3 Å². The highest BCUT2D eigenvalue weighted by Gasteiger charge is 2.31. The standard InChI is InChI=1S/C17H23F3N2O3/c1-4-6-14(12-7-5-8-13(9-12)17(18,19)20)21-16(25)22(3)10-11(2)15(23)24/h5,7-9,11,14H,4,6,10H2,1-3H3,(H,21,25)(H,23,24). The van der Waals surface area contributed by atoms with Gasteiger partial charge in [0.1, 0.15) is 0 Å². The lowest BCUT2D eigenvalue weighted by molar-refractivity contribution is -0.141. The Labute approximate surface area is 144 Å². The van der Waals surface area contributed by atoms with Gasteiger partial charge in [0.15, 0.2) is 0 Å². The summed E-state index contributed by atoms with van der Waals surface area (Å²) in [6, 6.07) is 3.75. The van der Waals surface area contributed by atoms with Crippen LogP contribution in [0.15, 0.2) is 24.3 Å². The summed E-state index contributed by atoms with van der Waals surface area (Å²) < 4.78 is 38.6. The first-order valence-corrected chi connectivity index (χ1v) is 7.97. The number of nitrogens with one attached hydrogen (secondary N) is 1. The molecule has 0 aliphatic heterocycles. The van der Waals surface area contributed by atoms with E-state index in [9.17, 15) is 22.8 Å². The molecule has 0 aromatic heterocycles. The highest BCUT2D eigenvalue weighted by Crippen LogP contribution is 2.31. The SMILES string of the molecule is CCCC(NC(=O)N(C)CC(C)C(=O)O)c1cccc(C(F)(F)F)c1. The van der Waals surface area contributed by atoms with Crippen LogP contribution >= 0.6 is 0 Å². The van der Waals surface area contributed by atoms with Gasteiger partial charge in [0.05, 0.1) is 17.5 Å². The first-order chi connectivity index (χ1) is 11.6. The monoisotopic (exact) mass is 360 g/mol. The number of carbonyl (C=O) groups excluding carboxylic acids is 1. The van der Waals surface area contributed by atoms with Crippen molar-refractivity contribution in [3.8, 4) is 0 Å². The van der Waals surface area contributed by atoms with E-state index >= 15 is 0 Å². The van der Waals surface area contributed by atoms with E-state index in [0.717, 1.165) is 12.1 Å². The molecule has 25 heavy (non-hydrogen) atoms. The molecule has 1 rings (SSSR count). The number of carboxylic acid groups (broad SMARTS) is 1. The number of carboxylic acids is 1. The quantitative estimate of drug-likeness (QED) is 0.775. The van der Waals surface area contributed by atoms with Crippen molar-refractivity contribution in [2.24, 2.45) is 5.92 Å². The van der Waals surface area contributed by atoms with E-state index in [2.05, 4.69) is 5.32 Å². The molecule has 2 amide bonds. The maximum atomic E-state index is 12.9. The second-order valence-corrected chi connectivity index (χ2v) is 6.03. The van der Waals surface area contributed by atoms with Crippen molar-refractivity contribution in [2.75, 3.05) is 13.6 Å². The summed E-state index contributed by atoms with van der Waals surface area (Å²) in [7, 11) is 1.45. The van der Waals surface area contributed by atoms with Gasteiger partial charge in [0.25, 0.3) is 0 Å². The van der Waals surface area contributed by atoms with E-state index in [1.54, 1.807) is 0 Å². The lowest BCUT2D eigenvalue weighted by atomic mass is 10.00. The van der Waals surface area contributed by atoms with Crippen LogP contribution < -0.4 is 5.32 Å². The predicted octanol–water partition coefficient (Wildman–Crippen LogP) is 3.91. The van der Waals surface area contributed by atoms with E-state index < -0.39 is 35.7 Å². The zero-order valence-corrected chi connectivity index (χ0v) is 14.4. The lowest BCUT2D eigenvalue weighted by Gasteiger charge is -2.25. The molecule has 0 aliphatic carbocycles. The molecule has 0 radical (unpaired) electrons. The fourth-order valence-electron chi connectivity index (χ4n) is 2.37. The molecule has 0 saturated carbocycles. The van der Waals surface area contributed by atoms with Gasteiger partial charge in [0, 0.05) is 13.6 Å². The summed E-state index contributed by atoms with van der Waals surface area (Å²) in [6.07, 6.45) is -3.32. The van der Waals surface area contributed by atoms with Crippen molar-refractivity contribution in [1.82, 2.24) is 10.2 Å². The smallest absolute Gasteiger partial charge is 0.416 e. The minimum atomic E-state index is -4.45. The molecule has 0 saturated heterocycles. The van der Waals surface area contributed by atoms with E-state index in [0.29, 0.717) is 18.4 Å². The summed E-state index contributed by atoms with van der Waals surface area (Å²) >= 11 is 0. The predicted molar refractivity (Wildman–Crippen MR) is 87.1 cm³/mol. The fourth-order valence-corrected chi connectivity index (χ4v) is 2.37. The maximum Gasteiger partial charge on any atom is 0.416 e. The van der Waals surface area contributed by atoms with E-state index in [1.165, 1.54) is 31.0 Å². The third-order valence-corrected chi connectivity index (χ3v) is 3.81. The highest BCUT2D eigenvalue weighted by atomic mass is 19.4. The Kier molecular flexibility index (Phi) is 7.26. The summed E-state index contributed by atoms with van der Waals surface area (Å²) in [5.41, 5.74) is -0.405. The topological polar surface area (TPSA) is 69.6 Å². The molecular weight excluding hydrogens is 337 g/mol. The molecule has 1 aromatic carbocycles. The average Bonchev–Trinajstić information content (AvgIpc) is 2.53. The summed E-state index contributed by atoms with van der Waals surface area (Å²) in [5.74, 6) is -1.77. The van der Waals surface area contributed by atoms with E-state index in [4.69, 9.17) is 5.11 Å². The Morgan fingerprint density at radius 3 is 2.48 bits per heavy atom. The largest absolute Gasteiger partial charge is 0.481 e. The second-order valence-electron chi connectivity index (χ2n) is 6.03. The maximum absolute atomic E-state index is 12.9. The van der Waals surface area contributed by atoms with Crippen LogP contribution in [0.3, 0.4) is 0 Å². The van der Waals surface area contributed by atoms with Gasteiger partial charge >= 0.3 is 18.2 Å². The van der Waals surface area contributed by atoms with Crippen LogP contribution in [0.1, 0.15) is 43.9 Å². The number of amides is 2. The van der Waals surface area contributed by atoms with Crippen molar-refractivity contribution in [3.63, 3.8) is 0 Å². The van der Waals surface area contributed by atoms with Crippen LogP contribution in [0.25, 0.3) is 0 Å². The van der Waals surface area contributed by atoms with Crippen LogP contribution in [0.5, 0.6) is 0 Å². The number of benzene rings is 1. The molecule has 5 nitrogen and oxygen atoms in total. The lowest BCUT2D eigenvalue weighted by Crippen LogP contribution is -2.42. The number of halogens is 3. The van der Waals surface area contributed by atoms with Gasteiger partial charge in [-0.15, -0.1) is 0 Å². The molecule has 2 unspecified atom stereocenters. The summed E-state index contributed by atoms with van der Waals surface area (Å²) in [6.45, 7) is 3.34. The van der Waals surface area contributed by atoms with Crippen molar-refractivity contribution < 1.29 is 27.9 Å². The molecule has 0 fully saturated rings. The Morgan fingerprint density at radius 2 is 1.96 bits per heavy atom. The van der Waals surface area contributed by atoms with E-state index in [-0.39, 0.29) is 6.54 Å². The first kappa shape index (κ1) is 20.8. The number of rotatable bonds is 7. The number of hydrogen-bond donors (Lipinski definition) is 2. The van der Waals surface area contributed by atoms with Gasteiger partial charge in [-0.2, -0.15) is 13.2 Å². The van der Waals surface area contributed by atoms with Crippen molar-refractivity contribution in [2.45, 2.75) is 38.9 Å². The van der Waals surface area contributed by atoms with Crippen molar-refractivity contribution in [1.29, 1.82) is 0 Å². The zero-order chi connectivity index (χ0) is 19.2. The average molecular weight is 360 g/mol. The number of aliphatic carboxylic acids is 1. The third-order valence-electron chi connectivity index (χ3n) is 3.81. The molecule has 2 N–H and O–H groups in total. The van der Waals surface area contributed by atoms with Crippen LogP contribution in [0, 0.1) is 5.92 Å².